The maximum atomic E-state index is 11.8. The Morgan fingerprint density at radius 1 is 1.29 bits per heavy atom. The molecule has 1 rings (SSSR count). The van der Waals surface area contributed by atoms with Crippen molar-refractivity contribution in [2.24, 2.45) is 5.10 Å². The Hall–Kier alpha value is -2.64. The van der Waals surface area contributed by atoms with Crippen LogP contribution in [0.2, 0.25) is 0 Å². The van der Waals surface area contributed by atoms with Gasteiger partial charge in [-0.3, -0.25) is 0 Å². The van der Waals surface area contributed by atoms with Crippen LogP contribution in [0.1, 0.15) is 13.8 Å². The van der Waals surface area contributed by atoms with Crippen molar-refractivity contribution < 1.29 is 19.1 Å². The molecule has 114 valence electrons. The van der Waals surface area contributed by atoms with Crippen LogP contribution in [0.4, 0.5) is 11.5 Å². The van der Waals surface area contributed by atoms with Crippen LogP contribution in [-0.4, -0.2) is 42.9 Å². The maximum Gasteiger partial charge on any atom is 0.366 e. The molecule has 0 radical (unpaired) electrons. The number of hydrogen-bond acceptors (Lipinski definition) is 8. The van der Waals surface area contributed by atoms with Gasteiger partial charge in [-0.05, 0) is 26.0 Å². The molecule has 0 aliphatic rings. The predicted molar refractivity (Wildman–Crippen MR) is 77.8 cm³/mol. The first kappa shape index (κ1) is 16.4. The van der Waals surface area contributed by atoms with Crippen molar-refractivity contribution >= 4 is 29.2 Å². The second-order valence-electron chi connectivity index (χ2n) is 3.83. The van der Waals surface area contributed by atoms with E-state index in [2.05, 4.69) is 10.1 Å². The van der Waals surface area contributed by atoms with Crippen LogP contribution in [0, 0.1) is 0 Å². The fourth-order valence-corrected chi connectivity index (χ4v) is 1.44. The SMILES string of the molecule is CCOC(=O)C(=NN(C)c1ncccc1N)C(=O)OCC. The zero-order chi connectivity index (χ0) is 15.8. The van der Waals surface area contributed by atoms with E-state index >= 15 is 0 Å². The van der Waals surface area contributed by atoms with Crippen molar-refractivity contribution in [1.29, 1.82) is 0 Å². The number of carbonyl (C=O) groups excluding carboxylic acids is 2. The van der Waals surface area contributed by atoms with Gasteiger partial charge in [0, 0.05) is 13.2 Å². The van der Waals surface area contributed by atoms with Gasteiger partial charge in [0.1, 0.15) is 0 Å². The van der Waals surface area contributed by atoms with E-state index in [1.807, 2.05) is 0 Å². The van der Waals surface area contributed by atoms with Crippen LogP contribution >= 0.6 is 0 Å². The fraction of sp³-hybridized carbons (Fsp3) is 0.385. The second-order valence-corrected chi connectivity index (χ2v) is 3.83. The molecule has 0 saturated heterocycles. The van der Waals surface area contributed by atoms with Crippen LogP contribution in [-0.2, 0) is 19.1 Å². The van der Waals surface area contributed by atoms with Gasteiger partial charge in [0.2, 0.25) is 0 Å². The lowest BCUT2D eigenvalue weighted by Crippen LogP contribution is -2.31. The van der Waals surface area contributed by atoms with Gasteiger partial charge in [0.05, 0.1) is 18.9 Å². The molecule has 0 saturated carbocycles. The van der Waals surface area contributed by atoms with E-state index in [4.69, 9.17) is 15.2 Å². The highest BCUT2D eigenvalue weighted by Crippen LogP contribution is 2.17. The number of hydrogen-bond donors (Lipinski definition) is 1. The quantitative estimate of drug-likeness (QED) is 0.354. The number of esters is 2. The molecule has 0 amide bonds. The molecule has 8 nitrogen and oxygen atoms in total. The highest BCUT2D eigenvalue weighted by molar-refractivity contribution is 6.62. The van der Waals surface area contributed by atoms with Crippen molar-refractivity contribution in [2.75, 3.05) is 31.0 Å². The van der Waals surface area contributed by atoms with Gasteiger partial charge in [0.15, 0.2) is 5.82 Å². The number of carbonyl (C=O) groups is 2. The Morgan fingerprint density at radius 2 is 1.86 bits per heavy atom. The molecule has 0 atom stereocenters. The Morgan fingerprint density at radius 3 is 2.33 bits per heavy atom. The van der Waals surface area contributed by atoms with Crippen LogP contribution in [0.25, 0.3) is 0 Å². The second kappa shape index (κ2) is 7.83. The lowest BCUT2D eigenvalue weighted by molar-refractivity contribution is -0.140. The molecule has 2 N–H and O–H groups in total. The number of rotatable bonds is 6. The van der Waals surface area contributed by atoms with Gasteiger partial charge in [-0.1, -0.05) is 0 Å². The van der Waals surface area contributed by atoms with Gasteiger partial charge in [-0.15, -0.1) is 0 Å². The summed E-state index contributed by atoms with van der Waals surface area (Å²) in [7, 11) is 1.51. The zero-order valence-corrected chi connectivity index (χ0v) is 12.2. The molecule has 21 heavy (non-hydrogen) atoms. The minimum absolute atomic E-state index is 0.118. The zero-order valence-electron chi connectivity index (χ0n) is 12.2. The Kier molecular flexibility index (Phi) is 6.12. The maximum absolute atomic E-state index is 11.8. The van der Waals surface area contributed by atoms with Crippen molar-refractivity contribution in [3.8, 4) is 0 Å². The Labute approximate surface area is 122 Å². The van der Waals surface area contributed by atoms with E-state index in [1.54, 1.807) is 26.0 Å². The normalized spacial score (nSPS) is 9.67. The first-order valence-corrected chi connectivity index (χ1v) is 6.38. The summed E-state index contributed by atoms with van der Waals surface area (Å²) in [5.41, 5.74) is 5.65. The lowest BCUT2D eigenvalue weighted by atomic mass is 10.4. The monoisotopic (exact) mass is 294 g/mol. The summed E-state index contributed by atoms with van der Waals surface area (Å²) in [5.74, 6) is -1.42. The molecule has 8 heteroatoms. The lowest BCUT2D eigenvalue weighted by Gasteiger charge is -2.15. The minimum atomic E-state index is -0.864. The molecular formula is C13H18N4O4. The van der Waals surface area contributed by atoms with Crippen molar-refractivity contribution in [3.63, 3.8) is 0 Å². The summed E-state index contributed by atoms with van der Waals surface area (Å²) < 4.78 is 9.58. The molecule has 1 aromatic heterocycles. The molecule has 0 aromatic carbocycles. The fourth-order valence-electron chi connectivity index (χ4n) is 1.44. The molecule has 0 aliphatic heterocycles. The number of nitrogens with zero attached hydrogens (tertiary/aromatic N) is 3. The van der Waals surface area contributed by atoms with Crippen molar-refractivity contribution in [3.05, 3.63) is 18.3 Å². The molecule has 0 spiro atoms. The van der Waals surface area contributed by atoms with Gasteiger partial charge in [-0.25, -0.2) is 19.6 Å². The molecule has 0 unspecified atom stereocenters. The van der Waals surface area contributed by atoms with Gasteiger partial charge >= 0.3 is 11.9 Å². The van der Waals surface area contributed by atoms with Crippen LogP contribution in [0.3, 0.4) is 0 Å². The molecule has 1 heterocycles. The molecular weight excluding hydrogens is 276 g/mol. The van der Waals surface area contributed by atoms with Crippen molar-refractivity contribution in [2.45, 2.75) is 13.8 Å². The number of nitrogen functional groups attached to an aromatic ring is 1. The largest absolute Gasteiger partial charge is 0.461 e. The van der Waals surface area contributed by atoms with E-state index < -0.39 is 17.7 Å². The number of nitrogens with two attached hydrogens (primary N) is 1. The molecule has 0 bridgehead atoms. The Bertz CT molecular complexity index is 525. The molecule has 1 aromatic rings. The molecule has 0 fully saturated rings. The van der Waals surface area contributed by atoms with E-state index in [1.165, 1.54) is 18.3 Å². The van der Waals surface area contributed by atoms with Crippen LogP contribution in [0.15, 0.2) is 23.4 Å². The third kappa shape index (κ3) is 4.44. The molecule has 0 aliphatic carbocycles. The minimum Gasteiger partial charge on any atom is -0.461 e. The highest BCUT2D eigenvalue weighted by Gasteiger charge is 2.25. The smallest absolute Gasteiger partial charge is 0.366 e. The van der Waals surface area contributed by atoms with E-state index in [0.717, 1.165) is 0 Å². The average Bonchev–Trinajstić information content (AvgIpc) is 2.45. The third-order valence-electron chi connectivity index (χ3n) is 2.31. The van der Waals surface area contributed by atoms with E-state index in [9.17, 15) is 9.59 Å². The average molecular weight is 294 g/mol. The number of ether oxygens (including phenoxy) is 2. The van der Waals surface area contributed by atoms with Crippen LogP contribution in [0.5, 0.6) is 0 Å². The third-order valence-corrected chi connectivity index (χ3v) is 2.31. The van der Waals surface area contributed by atoms with Crippen LogP contribution < -0.4 is 10.7 Å². The topological polar surface area (TPSA) is 107 Å². The standard InChI is InChI=1S/C13H18N4O4/c1-4-20-12(18)10(13(19)21-5-2)16-17(3)11-9(14)7-6-8-15-11/h6-8H,4-5,14H2,1-3H3. The Balaban J connectivity index is 3.09. The summed E-state index contributed by atoms with van der Waals surface area (Å²) >= 11 is 0. The summed E-state index contributed by atoms with van der Waals surface area (Å²) in [6, 6.07) is 3.29. The number of aromatic nitrogens is 1. The number of pyridine rings is 1. The van der Waals surface area contributed by atoms with Gasteiger partial charge < -0.3 is 15.2 Å². The first-order valence-electron chi connectivity index (χ1n) is 6.38. The van der Waals surface area contributed by atoms with E-state index in [0.29, 0.717) is 11.5 Å². The predicted octanol–water partition coefficient (Wildman–Crippen LogP) is 0.582. The summed E-state index contributed by atoms with van der Waals surface area (Å²) in [6.45, 7) is 3.49. The van der Waals surface area contributed by atoms with Crippen molar-refractivity contribution in [1.82, 2.24) is 4.98 Å². The number of hydrazone groups is 1. The summed E-state index contributed by atoms with van der Waals surface area (Å²) in [6.07, 6.45) is 1.52. The van der Waals surface area contributed by atoms with Gasteiger partial charge in [-0.2, -0.15) is 5.10 Å². The van der Waals surface area contributed by atoms with Gasteiger partial charge in [0.25, 0.3) is 5.71 Å². The first-order chi connectivity index (χ1) is 10.0. The van der Waals surface area contributed by atoms with E-state index in [-0.39, 0.29) is 13.2 Å². The summed E-state index contributed by atoms with van der Waals surface area (Å²) in [4.78, 5) is 27.6. The highest BCUT2D eigenvalue weighted by atomic mass is 16.6. The summed E-state index contributed by atoms with van der Waals surface area (Å²) in [5, 5.41) is 5.12. The number of anilines is 2.